The molecule has 2 nitrogen and oxygen atoms in total. The van der Waals surface area contributed by atoms with Crippen LogP contribution < -0.4 is 5.32 Å². The van der Waals surface area contributed by atoms with Gasteiger partial charge >= 0.3 is 0 Å². The van der Waals surface area contributed by atoms with Gasteiger partial charge in [-0.1, -0.05) is 0 Å². The lowest BCUT2D eigenvalue weighted by Gasteiger charge is -2.39. The summed E-state index contributed by atoms with van der Waals surface area (Å²) in [6.45, 7) is 2.44. The largest absolute Gasteiger partial charge is 0.317 e. The molecular weight excluding hydrogens is 192 g/mol. The zero-order valence-corrected chi connectivity index (χ0v) is 9.98. The van der Waals surface area contributed by atoms with E-state index in [4.69, 9.17) is 0 Å². The molecule has 2 rings (SSSR count). The Hall–Kier alpha value is 0.270. The first-order chi connectivity index (χ1) is 6.88. The number of hydrogen-bond acceptors (Lipinski definition) is 3. The second-order valence-electron chi connectivity index (χ2n) is 4.49. The van der Waals surface area contributed by atoms with Crippen molar-refractivity contribution in [1.29, 1.82) is 0 Å². The van der Waals surface area contributed by atoms with Gasteiger partial charge in [-0.25, -0.2) is 0 Å². The predicted octanol–water partition coefficient (Wildman–Crippen LogP) is 1.57. The van der Waals surface area contributed by atoms with Gasteiger partial charge in [0.05, 0.1) is 0 Å². The average Bonchev–Trinajstić information content (AvgIpc) is 2.30. The van der Waals surface area contributed by atoms with Crippen molar-refractivity contribution in [2.24, 2.45) is 0 Å². The van der Waals surface area contributed by atoms with E-state index in [1.807, 2.05) is 0 Å². The van der Waals surface area contributed by atoms with Crippen molar-refractivity contribution in [3.05, 3.63) is 0 Å². The molecular formula is C11H22N2S. The van der Waals surface area contributed by atoms with Crippen molar-refractivity contribution in [3.63, 3.8) is 0 Å². The van der Waals surface area contributed by atoms with Gasteiger partial charge in [-0.05, 0) is 57.3 Å². The van der Waals surface area contributed by atoms with E-state index in [0.29, 0.717) is 0 Å². The standard InChI is InChI=1S/C11H22N2S/c1-13(10-2-6-12-7-3-10)11-4-8-14-9-5-11/h10-12H,2-9H2,1H3. The molecule has 2 aliphatic rings. The monoisotopic (exact) mass is 214 g/mol. The Labute approximate surface area is 91.8 Å². The molecule has 2 heterocycles. The summed E-state index contributed by atoms with van der Waals surface area (Å²) in [7, 11) is 2.34. The Morgan fingerprint density at radius 3 is 2.21 bits per heavy atom. The number of hydrogen-bond donors (Lipinski definition) is 1. The first-order valence-electron chi connectivity index (χ1n) is 5.88. The van der Waals surface area contributed by atoms with Gasteiger partial charge in [0, 0.05) is 12.1 Å². The van der Waals surface area contributed by atoms with E-state index in [1.54, 1.807) is 0 Å². The molecule has 2 saturated heterocycles. The zero-order chi connectivity index (χ0) is 9.80. The quantitative estimate of drug-likeness (QED) is 0.751. The van der Waals surface area contributed by atoms with E-state index >= 15 is 0 Å². The summed E-state index contributed by atoms with van der Waals surface area (Å²) in [5.74, 6) is 2.75. The minimum absolute atomic E-state index is 0.851. The molecule has 0 aromatic carbocycles. The van der Waals surface area contributed by atoms with Gasteiger partial charge in [0.1, 0.15) is 0 Å². The highest BCUT2D eigenvalue weighted by Crippen LogP contribution is 2.24. The maximum absolute atomic E-state index is 3.44. The third-order valence-corrected chi connectivity index (χ3v) is 4.70. The molecule has 0 spiro atoms. The van der Waals surface area contributed by atoms with Crippen LogP contribution in [0.4, 0.5) is 0 Å². The molecule has 0 aromatic heterocycles. The molecule has 0 radical (unpaired) electrons. The number of piperidine rings is 1. The molecule has 0 amide bonds. The maximum atomic E-state index is 3.44. The van der Waals surface area contributed by atoms with Crippen LogP contribution in [0.1, 0.15) is 25.7 Å². The van der Waals surface area contributed by atoms with Crippen molar-refractivity contribution in [1.82, 2.24) is 10.2 Å². The fraction of sp³-hybridized carbons (Fsp3) is 1.00. The van der Waals surface area contributed by atoms with E-state index < -0.39 is 0 Å². The summed E-state index contributed by atoms with van der Waals surface area (Å²) in [6, 6.07) is 1.73. The molecule has 2 fully saturated rings. The van der Waals surface area contributed by atoms with Gasteiger partial charge < -0.3 is 10.2 Å². The Balaban J connectivity index is 1.82. The lowest BCUT2D eigenvalue weighted by Crippen LogP contribution is -2.46. The van der Waals surface area contributed by atoms with Crippen LogP contribution in [0.5, 0.6) is 0 Å². The summed E-state index contributed by atoms with van der Waals surface area (Å²) < 4.78 is 0. The van der Waals surface area contributed by atoms with Gasteiger partial charge in [-0.15, -0.1) is 0 Å². The van der Waals surface area contributed by atoms with Crippen LogP contribution in [0, 0.1) is 0 Å². The summed E-state index contributed by atoms with van der Waals surface area (Å²) in [4.78, 5) is 2.67. The van der Waals surface area contributed by atoms with Gasteiger partial charge in [0.15, 0.2) is 0 Å². The molecule has 0 aromatic rings. The first kappa shape index (κ1) is 10.8. The van der Waals surface area contributed by atoms with Crippen molar-refractivity contribution in [3.8, 4) is 0 Å². The summed E-state index contributed by atoms with van der Waals surface area (Å²) in [6.07, 6.45) is 5.51. The minimum atomic E-state index is 0.851. The van der Waals surface area contributed by atoms with Crippen LogP contribution in [-0.2, 0) is 0 Å². The normalized spacial score (nSPS) is 27.0. The minimum Gasteiger partial charge on any atom is -0.317 e. The molecule has 0 unspecified atom stereocenters. The fourth-order valence-corrected chi connectivity index (χ4v) is 3.69. The van der Waals surface area contributed by atoms with Crippen LogP contribution in [0.25, 0.3) is 0 Å². The first-order valence-corrected chi connectivity index (χ1v) is 7.04. The van der Waals surface area contributed by atoms with Gasteiger partial charge in [0.2, 0.25) is 0 Å². The molecule has 82 valence electrons. The van der Waals surface area contributed by atoms with E-state index in [1.165, 1.54) is 50.3 Å². The second-order valence-corrected chi connectivity index (χ2v) is 5.71. The highest BCUT2D eigenvalue weighted by molar-refractivity contribution is 7.99. The van der Waals surface area contributed by atoms with E-state index in [2.05, 4.69) is 29.0 Å². The SMILES string of the molecule is CN(C1CCNCC1)C1CCSCC1. The summed E-state index contributed by atoms with van der Waals surface area (Å²) >= 11 is 2.12. The van der Waals surface area contributed by atoms with Crippen molar-refractivity contribution in [2.45, 2.75) is 37.8 Å². The van der Waals surface area contributed by atoms with E-state index in [-0.39, 0.29) is 0 Å². The lowest BCUT2D eigenvalue weighted by atomic mass is 10.0. The predicted molar refractivity (Wildman–Crippen MR) is 64.0 cm³/mol. The Kier molecular flexibility index (Phi) is 4.14. The van der Waals surface area contributed by atoms with Crippen molar-refractivity contribution >= 4 is 11.8 Å². The molecule has 0 aliphatic carbocycles. The average molecular weight is 214 g/mol. The fourth-order valence-electron chi connectivity index (χ4n) is 2.60. The zero-order valence-electron chi connectivity index (χ0n) is 9.17. The van der Waals surface area contributed by atoms with Crippen LogP contribution in [0.2, 0.25) is 0 Å². The number of rotatable bonds is 2. The molecule has 0 bridgehead atoms. The van der Waals surface area contributed by atoms with Gasteiger partial charge in [-0.2, -0.15) is 11.8 Å². The Bertz CT molecular complexity index is 145. The second kappa shape index (κ2) is 5.38. The van der Waals surface area contributed by atoms with Crippen LogP contribution in [0.15, 0.2) is 0 Å². The molecule has 3 heteroatoms. The molecule has 0 atom stereocenters. The van der Waals surface area contributed by atoms with Crippen LogP contribution in [0.3, 0.4) is 0 Å². The molecule has 1 N–H and O–H groups in total. The number of nitrogens with one attached hydrogen (secondary N) is 1. The maximum Gasteiger partial charge on any atom is 0.0119 e. The smallest absolute Gasteiger partial charge is 0.0119 e. The topological polar surface area (TPSA) is 15.3 Å². The van der Waals surface area contributed by atoms with Gasteiger partial charge in [0.25, 0.3) is 0 Å². The third kappa shape index (κ3) is 2.65. The molecule has 14 heavy (non-hydrogen) atoms. The van der Waals surface area contributed by atoms with E-state index in [9.17, 15) is 0 Å². The number of nitrogens with zero attached hydrogens (tertiary/aromatic N) is 1. The molecule has 0 saturated carbocycles. The third-order valence-electron chi connectivity index (χ3n) is 3.65. The molecule has 2 aliphatic heterocycles. The van der Waals surface area contributed by atoms with Crippen LogP contribution >= 0.6 is 11.8 Å². The highest BCUT2D eigenvalue weighted by atomic mass is 32.2. The van der Waals surface area contributed by atoms with E-state index in [0.717, 1.165) is 12.1 Å². The van der Waals surface area contributed by atoms with Crippen molar-refractivity contribution in [2.75, 3.05) is 31.6 Å². The summed E-state index contributed by atoms with van der Waals surface area (Å²) in [5.41, 5.74) is 0. The lowest BCUT2D eigenvalue weighted by molar-refractivity contribution is 0.135. The van der Waals surface area contributed by atoms with Crippen LogP contribution in [-0.4, -0.2) is 48.6 Å². The number of thioether (sulfide) groups is 1. The highest BCUT2D eigenvalue weighted by Gasteiger charge is 2.25. The Morgan fingerprint density at radius 2 is 1.57 bits per heavy atom. The summed E-state index contributed by atoms with van der Waals surface area (Å²) in [5, 5.41) is 3.44. The van der Waals surface area contributed by atoms with Gasteiger partial charge in [-0.3, -0.25) is 0 Å². The van der Waals surface area contributed by atoms with Crippen molar-refractivity contribution < 1.29 is 0 Å². The Morgan fingerprint density at radius 1 is 1.00 bits per heavy atom.